The third-order valence-electron chi connectivity index (χ3n) is 5.41. The van der Waals surface area contributed by atoms with Gasteiger partial charge in [-0.1, -0.05) is 6.92 Å². The summed E-state index contributed by atoms with van der Waals surface area (Å²) in [7, 11) is -3.50. The lowest BCUT2D eigenvalue weighted by atomic mass is 9.90. The van der Waals surface area contributed by atoms with Gasteiger partial charge in [0.05, 0.1) is 5.92 Å². The van der Waals surface area contributed by atoms with Crippen LogP contribution in [-0.2, 0) is 14.8 Å². The number of carbonyl (C=O) groups excluding carboxylic acids is 1. The van der Waals surface area contributed by atoms with Crippen molar-refractivity contribution in [3.8, 4) is 0 Å². The van der Waals surface area contributed by atoms with Crippen LogP contribution in [0.25, 0.3) is 0 Å². The number of likely N-dealkylation sites (tertiary alicyclic amines) is 1. The minimum absolute atomic E-state index is 0.00934. The summed E-state index contributed by atoms with van der Waals surface area (Å²) in [4.78, 5) is 15.7. The van der Waals surface area contributed by atoms with Crippen molar-refractivity contribution in [1.82, 2.24) is 9.21 Å². The molecule has 6 nitrogen and oxygen atoms in total. The first-order valence-electron chi connectivity index (χ1n) is 8.81. The summed E-state index contributed by atoms with van der Waals surface area (Å²) < 4.78 is 27.5. The fraction of sp³-hybridized carbons (Fsp3) is 0.706. The summed E-state index contributed by atoms with van der Waals surface area (Å²) >= 11 is 1.29. The molecule has 0 spiro atoms. The zero-order chi connectivity index (χ0) is 18.2. The van der Waals surface area contributed by atoms with E-state index in [0.29, 0.717) is 23.8 Å². The first kappa shape index (κ1) is 18.8. The molecule has 1 aromatic heterocycles. The van der Waals surface area contributed by atoms with Crippen LogP contribution >= 0.6 is 11.3 Å². The number of nitrogens with two attached hydrogens (primary N) is 1. The highest BCUT2D eigenvalue weighted by Crippen LogP contribution is 2.32. The molecule has 1 aromatic rings. The molecular formula is C17H27N3O3S2. The standard InChI is InChI=1S/C17H27N3O3S2/c1-13-5-6-15(24-13)25(22,23)20-8-3-4-14(10-20)16(21)19-9-7-17(2,11-18)12-19/h5-6,14H,3-4,7-12,18H2,1-2H3. The molecule has 2 aliphatic rings. The van der Waals surface area contributed by atoms with Gasteiger partial charge in [0.25, 0.3) is 10.0 Å². The van der Waals surface area contributed by atoms with Gasteiger partial charge in [-0.25, -0.2) is 8.42 Å². The Hall–Kier alpha value is -0.960. The van der Waals surface area contributed by atoms with E-state index in [9.17, 15) is 13.2 Å². The highest BCUT2D eigenvalue weighted by Gasteiger charge is 2.40. The van der Waals surface area contributed by atoms with Crippen LogP contribution in [0.1, 0.15) is 31.1 Å². The second-order valence-electron chi connectivity index (χ2n) is 7.59. The van der Waals surface area contributed by atoms with Gasteiger partial charge in [0.1, 0.15) is 4.21 Å². The number of aryl methyl sites for hydroxylation is 1. The molecule has 0 aliphatic carbocycles. The number of nitrogens with zero attached hydrogens (tertiary/aromatic N) is 2. The van der Waals surface area contributed by atoms with Crippen molar-refractivity contribution >= 4 is 27.3 Å². The number of hydrogen-bond acceptors (Lipinski definition) is 5. The second-order valence-corrected chi connectivity index (χ2v) is 11.0. The van der Waals surface area contributed by atoms with Crippen LogP contribution in [0, 0.1) is 18.3 Å². The fourth-order valence-corrected chi connectivity index (χ4v) is 6.64. The van der Waals surface area contributed by atoms with Gasteiger partial charge in [-0.2, -0.15) is 4.31 Å². The minimum atomic E-state index is -3.50. The lowest BCUT2D eigenvalue weighted by Gasteiger charge is -2.33. The summed E-state index contributed by atoms with van der Waals surface area (Å²) in [6.45, 7) is 6.75. The van der Waals surface area contributed by atoms with Crippen molar-refractivity contribution in [2.24, 2.45) is 17.1 Å². The molecule has 1 amide bonds. The Bertz CT molecular complexity index is 746. The monoisotopic (exact) mass is 385 g/mol. The SMILES string of the molecule is Cc1ccc(S(=O)(=O)N2CCCC(C(=O)N3CCC(C)(CN)C3)C2)s1. The van der Waals surface area contributed by atoms with Gasteiger partial charge in [-0.15, -0.1) is 11.3 Å². The molecule has 140 valence electrons. The van der Waals surface area contributed by atoms with Crippen LogP contribution in [-0.4, -0.2) is 56.3 Å². The summed E-state index contributed by atoms with van der Waals surface area (Å²) in [5, 5.41) is 0. The molecule has 2 N–H and O–H groups in total. The van der Waals surface area contributed by atoms with Gasteiger partial charge < -0.3 is 10.6 Å². The lowest BCUT2D eigenvalue weighted by Crippen LogP contribution is -2.46. The van der Waals surface area contributed by atoms with E-state index < -0.39 is 10.0 Å². The maximum Gasteiger partial charge on any atom is 0.252 e. The lowest BCUT2D eigenvalue weighted by molar-refractivity contribution is -0.136. The van der Waals surface area contributed by atoms with Gasteiger partial charge in [0.15, 0.2) is 0 Å². The van der Waals surface area contributed by atoms with Gasteiger partial charge in [0, 0.05) is 31.1 Å². The number of hydrogen-bond donors (Lipinski definition) is 1. The van der Waals surface area contributed by atoms with E-state index in [1.54, 1.807) is 6.07 Å². The summed E-state index contributed by atoms with van der Waals surface area (Å²) in [6.07, 6.45) is 2.39. The Morgan fingerprint density at radius 3 is 2.76 bits per heavy atom. The van der Waals surface area contributed by atoms with Crippen LogP contribution in [0.3, 0.4) is 0 Å². The molecule has 2 aliphatic heterocycles. The van der Waals surface area contributed by atoms with E-state index in [4.69, 9.17) is 5.73 Å². The predicted octanol–water partition coefficient (Wildman–Crippen LogP) is 1.65. The molecular weight excluding hydrogens is 358 g/mol. The topological polar surface area (TPSA) is 83.7 Å². The molecule has 0 bridgehead atoms. The van der Waals surface area contributed by atoms with Crippen molar-refractivity contribution in [2.75, 3.05) is 32.7 Å². The van der Waals surface area contributed by atoms with Crippen LogP contribution in [0.15, 0.2) is 16.3 Å². The van der Waals surface area contributed by atoms with Crippen molar-refractivity contribution in [3.05, 3.63) is 17.0 Å². The maximum atomic E-state index is 12.9. The smallest absolute Gasteiger partial charge is 0.252 e. The maximum absolute atomic E-state index is 12.9. The molecule has 0 aromatic carbocycles. The highest BCUT2D eigenvalue weighted by atomic mass is 32.2. The first-order valence-corrected chi connectivity index (χ1v) is 11.1. The molecule has 2 atom stereocenters. The Labute approximate surface area is 154 Å². The van der Waals surface area contributed by atoms with Gasteiger partial charge in [-0.05, 0) is 50.3 Å². The Kier molecular flexibility index (Phi) is 5.26. The van der Waals surface area contributed by atoms with E-state index in [1.807, 2.05) is 17.9 Å². The normalized spacial score (nSPS) is 28.4. The minimum Gasteiger partial charge on any atom is -0.342 e. The molecule has 8 heteroatoms. The number of thiophene rings is 1. The highest BCUT2D eigenvalue weighted by molar-refractivity contribution is 7.91. The van der Waals surface area contributed by atoms with Crippen molar-refractivity contribution in [2.45, 2.75) is 37.3 Å². The summed E-state index contributed by atoms with van der Waals surface area (Å²) in [6, 6.07) is 3.48. The number of piperidine rings is 1. The Morgan fingerprint density at radius 2 is 2.16 bits per heavy atom. The van der Waals surface area contributed by atoms with Crippen LogP contribution in [0.4, 0.5) is 0 Å². The van der Waals surface area contributed by atoms with Crippen molar-refractivity contribution in [3.63, 3.8) is 0 Å². The van der Waals surface area contributed by atoms with Gasteiger partial charge >= 0.3 is 0 Å². The average Bonchev–Trinajstić information content (AvgIpc) is 3.21. The fourth-order valence-electron chi connectivity index (χ4n) is 3.68. The second kappa shape index (κ2) is 6.98. The largest absolute Gasteiger partial charge is 0.342 e. The van der Waals surface area contributed by atoms with E-state index in [2.05, 4.69) is 6.92 Å². The third kappa shape index (κ3) is 3.77. The van der Waals surface area contributed by atoms with E-state index >= 15 is 0 Å². The number of rotatable bonds is 4. The molecule has 2 fully saturated rings. The Morgan fingerprint density at radius 1 is 1.40 bits per heavy atom. The van der Waals surface area contributed by atoms with E-state index in [0.717, 1.165) is 30.7 Å². The van der Waals surface area contributed by atoms with Crippen molar-refractivity contribution < 1.29 is 13.2 Å². The Balaban J connectivity index is 1.70. The molecule has 3 heterocycles. The van der Waals surface area contributed by atoms with Crippen LogP contribution in [0.5, 0.6) is 0 Å². The summed E-state index contributed by atoms with van der Waals surface area (Å²) in [5.41, 5.74) is 5.82. The van der Waals surface area contributed by atoms with Gasteiger partial charge in [0.2, 0.25) is 5.91 Å². The molecule has 25 heavy (non-hydrogen) atoms. The van der Waals surface area contributed by atoms with E-state index in [-0.39, 0.29) is 23.8 Å². The summed E-state index contributed by atoms with van der Waals surface area (Å²) in [5.74, 6) is -0.163. The molecule has 0 saturated carbocycles. The van der Waals surface area contributed by atoms with Crippen molar-refractivity contribution in [1.29, 1.82) is 0 Å². The van der Waals surface area contributed by atoms with Crippen LogP contribution in [0.2, 0.25) is 0 Å². The zero-order valence-electron chi connectivity index (χ0n) is 14.9. The van der Waals surface area contributed by atoms with Crippen LogP contribution < -0.4 is 5.73 Å². The zero-order valence-corrected chi connectivity index (χ0v) is 16.5. The molecule has 2 saturated heterocycles. The average molecular weight is 386 g/mol. The number of amides is 1. The first-order chi connectivity index (χ1) is 11.7. The van der Waals surface area contributed by atoms with E-state index in [1.165, 1.54) is 15.6 Å². The number of sulfonamides is 1. The van der Waals surface area contributed by atoms with Gasteiger partial charge in [-0.3, -0.25) is 4.79 Å². The quantitative estimate of drug-likeness (QED) is 0.854. The molecule has 0 radical (unpaired) electrons. The third-order valence-corrected chi connectivity index (χ3v) is 8.74. The molecule has 3 rings (SSSR count). The predicted molar refractivity (Wildman–Crippen MR) is 98.9 cm³/mol. The molecule has 2 unspecified atom stereocenters. The number of carbonyl (C=O) groups is 1.